The Morgan fingerprint density at radius 3 is 2.64 bits per heavy atom. The molecule has 7 nitrogen and oxygen atoms in total. The number of methoxy groups -OCH3 is 1. The summed E-state index contributed by atoms with van der Waals surface area (Å²) in [5.74, 6) is -1.26. The van der Waals surface area contributed by atoms with Gasteiger partial charge in [-0.05, 0) is 38.0 Å². The van der Waals surface area contributed by atoms with Gasteiger partial charge in [-0.3, -0.25) is 9.59 Å². The molecule has 0 aliphatic carbocycles. The first-order valence-corrected chi connectivity index (χ1v) is 8.12. The van der Waals surface area contributed by atoms with E-state index < -0.39 is 17.7 Å². The molecule has 0 saturated heterocycles. The topological polar surface area (TPSA) is 96.3 Å². The molecule has 0 saturated carbocycles. The Morgan fingerprint density at radius 1 is 1.32 bits per heavy atom. The molecule has 1 heterocycles. The molecular weight excluding hydrogens is 326 g/mol. The van der Waals surface area contributed by atoms with E-state index in [1.807, 2.05) is 0 Å². The molecule has 1 aliphatic rings. The molecule has 136 valence electrons. The normalized spacial score (nSPS) is 17.3. The maximum Gasteiger partial charge on any atom is 0.290 e. The number of rotatable bonds is 8. The first-order chi connectivity index (χ1) is 11.9. The van der Waals surface area contributed by atoms with Gasteiger partial charge in [-0.1, -0.05) is 6.07 Å². The number of carbonyl (C=O) groups excluding carboxylic acids is 2. The fourth-order valence-corrected chi connectivity index (χ4v) is 2.94. The summed E-state index contributed by atoms with van der Waals surface area (Å²) in [4.78, 5) is 25.9. The number of aliphatic hydroxyl groups excluding tert-OH is 1. The van der Waals surface area contributed by atoms with E-state index in [-0.39, 0.29) is 22.9 Å². The number of ketones is 1. The predicted molar refractivity (Wildman–Crippen MR) is 90.6 cm³/mol. The molecule has 7 heteroatoms. The van der Waals surface area contributed by atoms with Gasteiger partial charge in [0.2, 0.25) is 0 Å². The van der Waals surface area contributed by atoms with Gasteiger partial charge in [-0.2, -0.15) is 0 Å². The molecule has 1 aromatic carbocycles. The Kier molecular flexibility index (Phi) is 6.03. The van der Waals surface area contributed by atoms with Crippen molar-refractivity contribution in [1.29, 1.82) is 0 Å². The Balaban J connectivity index is 2.45. The van der Waals surface area contributed by atoms with Crippen molar-refractivity contribution >= 4 is 11.7 Å². The minimum absolute atomic E-state index is 0.0292. The second kappa shape index (κ2) is 8.02. The lowest BCUT2D eigenvalue weighted by atomic mass is 9.96. The molecule has 0 bridgehead atoms. The molecule has 0 spiro atoms. The highest BCUT2D eigenvalue weighted by Gasteiger charge is 2.42. The van der Waals surface area contributed by atoms with Gasteiger partial charge < -0.3 is 24.6 Å². The minimum atomic E-state index is -0.721. The third-order valence-electron chi connectivity index (χ3n) is 4.03. The van der Waals surface area contributed by atoms with Gasteiger partial charge >= 0.3 is 0 Å². The zero-order valence-corrected chi connectivity index (χ0v) is 14.6. The Hall–Kier alpha value is -2.54. The fourth-order valence-electron chi connectivity index (χ4n) is 2.94. The highest BCUT2D eigenvalue weighted by Crippen LogP contribution is 2.40. The number of phenolic OH excluding ortho intramolecular Hbond substituents is 1. The van der Waals surface area contributed by atoms with Crippen LogP contribution in [0.3, 0.4) is 0 Å². The first-order valence-electron chi connectivity index (χ1n) is 8.12. The van der Waals surface area contributed by atoms with E-state index in [1.54, 1.807) is 26.2 Å². The third kappa shape index (κ3) is 3.76. The molecule has 2 rings (SSSR count). The predicted octanol–water partition coefficient (Wildman–Crippen LogP) is 2.11. The van der Waals surface area contributed by atoms with E-state index in [1.165, 1.54) is 17.9 Å². The average molecular weight is 349 g/mol. The molecule has 25 heavy (non-hydrogen) atoms. The van der Waals surface area contributed by atoms with Gasteiger partial charge in [0.15, 0.2) is 23.0 Å². The third-order valence-corrected chi connectivity index (χ3v) is 4.03. The maximum absolute atomic E-state index is 12.4. The van der Waals surface area contributed by atoms with Crippen molar-refractivity contribution in [2.24, 2.45) is 0 Å². The molecule has 0 unspecified atom stereocenters. The number of nitrogens with zero attached hydrogens (tertiary/aromatic N) is 1. The lowest BCUT2D eigenvalue weighted by molar-refractivity contribution is -0.129. The molecule has 0 aromatic heterocycles. The van der Waals surface area contributed by atoms with E-state index >= 15 is 0 Å². The van der Waals surface area contributed by atoms with E-state index in [4.69, 9.17) is 9.47 Å². The second-order valence-electron chi connectivity index (χ2n) is 5.73. The van der Waals surface area contributed by atoms with Crippen molar-refractivity contribution in [2.75, 3.05) is 26.9 Å². The largest absolute Gasteiger partial charge is 0.504 e. The summed E-state index contributed by atoms with van der Waals surface area (Å²) in [6, 6.07) is 3.93. The Labute approximate surface area is 146 Å². The van der Waals surface area contributed by atoms with Gasteiger partial charge in [0.25, 0.3) is 5.91 Å². The van der Waals surface area contributed by atoms with E-state index in [0.29, 0.717) is 31.7 Å². The van der Waals surface area contributed by atoms with Crippen LogP contribution in [0.1, 0.15) is 31.9 Å². The zero-order chi connectivity index (χ0) is 18.6. The summed E-state index contributed by atoms with van der Waals surface area (Å²) < 4.78 is 10.4. The van der Waals surface area contributed by atoms with Crippen LogP contribution in [0.5, 0.6) is 11.5 Å². The summed E-state index contributed by atoms with van der Waals surface area (Å²) in [6.45, 7) is 4.23. The van der Waals surface area contributed by atoms with Crippen LogP contribution in [0.4, 0.5) is 0 Å². The number of amides is 1. The van der Waals surface area contributed by atoms with Gasteiger partial charge in [0.05, 0.1) is 18.2 Å². The monoisotopic (exact) mass is 349 g/mol. The van der Waals surface area contributed by atoms with Crippen LogP contribution in [-0.2, 0) is 14.3 Å². The lowest BCUT2D eigenvalue weighted by Gasteiger charge is -2.27. The van der Waals surface area contributed by atoms with Gasteiger partial charge in [0, 0.05) is 20.3 Å². The maximum atomic E-state index is 12.4. The number of Topliss-reactive ketones (excluding diaryl/α,β-unsaturated/α-hetero) is 1. The molecule has 1 amide bonds. The molecule has 1 aliphatic heterocycles. The van der Waals surface area contributed by atoms with Crippen LogP contribution in [0, 0.1) is 0 Å². The quantitative estimate of drug-likeness (QED) is 0.698. The molecule has 1 atom stereocenters. The number of ether oxygens (including phenoxy) is 2. The Morgan fingerprint density at radius 2 is 2.04 bits per heavy atom. The minimum Gasteiger partial charge on any atom is -0.504 e. The Bertz CT molecular complexity index is 697. The molecule has 2 N–H and O–H groups in total. The SMILES string of the molecule is CCOc1cc([C@H]2C(C(C)=O)=C(O)C(=O)N2CCCOC)ccc1O. The average Bonchev–Trinajstić information content (AvgIpc) is 2.82. The number of phenols is 1. The lowest BCUT2D eigenvalue weighted by Crippen LogP contribution is -2.32. The van der Waals surface area contributed by atoms with Crippen LogP contribution < -0.4 is 4.74 Å². The standard InChI is InChI=1S/C18H23NO6/c1-4-25-14-10-12(6-7-13(14)21)16-15(11(2)20)17(22)18(23)19(16)8-5-9-24-3/h6-7,10,16,21-22H,4-5,8-9H2,1-3H3/t16-/m0/s1. The number of aliphatic hydroxyl groups is 1. The first kappa shape index (κ1) is 18.8. The van der Waals surface area contributed by atoms with Crippen molar-refractivity contribution in [3.63, 3.8) is 0 Å². The van der Waals surface area contributed by atoms with Gasteiger partial charge in [-0.15, -0.1) is 0 Å². The summed E-state index contributed by atoms with van der Waals surface area (Å²) in [6.07, 6.45) is 0.563. The van der Waals surface area contributed by atoms with Crippen molar-refractivity contribution < 1.29 is 29.3 Å². The van der Waals surface area contributed by atoms with Crippen molar-refractivity contribution in [3.05, 3.63) is 35.1 Å². The number of aromatic hydroxyl groups is 1. The summed E-state index contributed by atoms with van der Waals surface area (Å²) in [7, 11) is 1.56. The number of hydrogen-bond donors (Lipinski definition) is 2. The number of hydrogen-bond acceptors (Lipinski definition) is 6. The summed E-state index contributed by atoms with van der Waals surface area (Å²) in [5.41, 5.74) is 0.636. The van der Waals surface area contributed by atoms with Crippen molar-refractivity contribution in [2.45, 2.75) is 26.3 Å². The summed E-state index contributed by atoms with van der Waals surface area (Å²) >= 11 is 0. The van der Waals surface area contributed by atoms with Gasteiger partial charge in [-0.25, -0.2) is 0 Å². The van der Waals surface area contributed by atoms with Crippen molar-refractivity contribution in [1.82, 2.24) is 4.90 Å². The molecule has 0 radical (unpaired) electrons. The molecule has 1 aromatic rings. The second-order valence-corrected chi connectivity index (χ2v) is 5.73. The molecular formula is C18H23NO6. The highest BCUT2D eigenvalue weighted by atomic mass is 16.5. The number of benzene rings is 1. The van der Waals surface area contributed by atoms with Crippen LogP contribution in [0.15, 0.2) is 29.5 Å². The van der Waals surface area contributed by atoms with E-state index in [9.17, 15) is 19.8 Å². The van der Waals surface area contributed by atoms with E-state index in [0.717, 1.165) is 0 Å². The van der Waals surface area contributed by atoms with Crippen LogP contribution in [-0.4, -0.2) is 53.7 Å². The highest BCUT2D eigenvalue weighted by molar-refractivity contribution is 6.08. The molecule has 0 fully saturated rings. The zero-order valence-electron chi connectivity index (χ0n) is 14.6. The number of carbonyl (C=O) groups is 2. The van der Waals surface area contributed by atoms with Crippen molar-refractivity contribution in [3.8, 4) is 11.5 Å². The van der Waals surface area contributed by atoms with Gasteiger partial charge in [0.1, 0.15) is 0 Å². The van der Waals surface area contributed by atoms with Crippen LogP contribution >= 0.6 is 0 Å². The summed E-state index contributed by atoms with van der Waals surface area (Å²) in [5, 5.41) is 20.0. The van der Waals surface area contributed by atoms with Crippen LogP contribution in [0.25, 0.3) is 0 Å². The van der Waals surface area contributed by atoms with E-state index in [2.05, 4.69) is 0 Å². The fraction of sp³-hybridized carbons (Fsp3) is 0.444. The van der Waals surface area contributed by atoms with Crippen LogP contribution in [0.2, 0.25) is 0 Å². The smallest absolute Gasteiger partial charge is 0.290 e.